The Bertz CT molecular complexity index is 593. The first-order valence-electron chi connectivity index (χ1n) is 6.36. The van der Waals surface area contributed by atoms with E-state index in [2.05, 4.69) is 0 Å². The lowest BCUT2D eigenvalue weighted by Gasteiger charge is -2.19. The Morgan fingerprint density at radius 1 is 1.37 bits per heavy atom. The van der Waals surface area contributed by atoms with E-state index in [4.69, 9.17) is 10.5 Å². The van der Waals surface area contributed by atoms with Crippen LogP contribution in [0, 0.1) is 0 Å². The third kappa shape index (κ3) is 2.92. The Morgan fingerprint density at radius 2 is 2.00 bits per heavy atom. The van der Waals surface area contributed by atoms with E-state index >= 15 is 0 Å². The second-order valence-corrected chi connectivity index (χ2v) is 8.37. The summed E-state index contributed by atoms with van der Waals surface area (Å²) in [6.07, 6.45) is 2.03. The maximum Gasteiger partial charge on any atom is 0.151 e. The van der Waals surface area contributed by atoms with E-state index in [1.54, 1.807) is 6.92 Å². The van der Waals surface area contributed by atoms with Gasteiger partial charge in [0.05, 0.1) is 5.25 Å². The molecule has 0 aromatic heterocycles. The van der Waals surface area contributed by atoms with Crippen LogP contribution in [0.3, 0.4) is 0 Å². The van der Waals surface area contributed by atoms with Gasteiger partial charge in [0, 0.05) is 18.7 Å². The van der Waals surface area contributed by atoms with Crippen molar-refractivity contribution in [3.8, 4) is 5.75 Å². The summed E-state index contributed by atoms with van der Waals surface area (Å²) < 4.78 is 29.0. The Morgan fingerprint density at radius 3 is 2.58 bits per heavy atom. The highest BCUT2D eigenvalue weighted by Crippen LogP contribution is 2.36. The summed E-state index contributed by atoms with van der Waals surface area (Å²) in [5, 5.41) is -0.596. The first-order valence-corrected chi connectivity index (χ1v) is 8.32. The molecule has 0 spiro atoms. The Hall–Kier alpha value is -1.07. The fourth-order valence-electron chi connectivity index (χ4n) is 2.37. The normalized spacial score (nSPS) is 20.5. The molecule has 19 heavy (non-hydrogen) atoms. The Labute approximate surface area is 114 Å². The number of ether oxygens (including phenoxy) is 1. The number of benzene rings is 1. The van der Waals surface area contributed by atoms with Gasteiger partial charge in [-0.25, -0.2) is 8.42 Å². The number of sulfone groups is 1. The summed E-state index contributed by atoms with van der Waals surface area (Å²) in [5.74, 6) is 0.868. The number of nitrogens with two attached hydrogens (primary N) is 1. The third-order valence-electron chi connectivity index (χ3n) is 3.65. The van der Waals surface area contributed by atoms with E-state index in [1.807, 2.05) is 32.0 Å². The molecule has 0 saturated heterocycles. The van der Waals surface area contributed by atoms with E-state index in [0.717, 1.165) is 23.3 Å². The van der Waals surface area contributed by atoms with Crippen LogP contribution >= 0.6 is 0 Å². The van der Waals surface area contributed by atoms with Crippen molar-refractivity contribution in [2.75, 3.05) is 6.26 Å². The number of fused-ring (bicyclic) bond motifs is 1. The van der Waals surface area contributed by atoms with Crippen molar-refractivity contribution in [1.29, 1.82) is 0 Å². The lowest BCUT2D eigenvalue weighted by Crippen LogP contribution is -2.30. The van der Waals surface area contributed by atoms with Crippen molar-refractivity contribution >= 4 is 9.84 Å². The van der Waals surface area contributed by atoms with Crippen molar-refractivity contribution in [2.45, 2.75) is 44.1 Å². The lowest BCUT2D eigenvalue weighted by atomic mass is 9.97. The van der Waals surface area contributed by atoms with Crippen LogP contribution in [0.15, 0.2) is 18.2 Å². The van der Waals surface area contributed by atoms with Gasteiger partial charge in [-0.1, -0.05) is 12.1 Å². The van der Waals surface area contributed by atoms with Gasteiger partial charge < -0.3 is 10.5 Å². The van der Waals surface area contributed by atoms with Crippen molar-refractivity contribution < 1.29 is 13.2 Å². The van der Waals surface area contributed by atoms with Crippen molar-refractivity contribution in [3.63, 3.8) is 0 Å². The van der Waals surface area contributed by atoms with Gasteiger partial charge in [-0.2, -0.15) is 0 Å². The average molecular weight is 283 g/mol. The monoisotopic (exact) mass is 283 g/mol. The third-order valence-corrected chi connectivity index (χ3v) is 5.30. The van der Waals surface area contributed by atoms with E-state index in [0.29, 0.717) is 0 Å². The molecule has 1 aromatic carbocycles. The maximum atomic E-state index is 11.6. The quantitative estimate of drug-likeness (QED) is 0.919. The molecule has 0 fully saturated rings. The standard InChI is InChI=1S/C14H21NO3S/c1-9(19(4,16)17)13(15)10-5-6-12-11(7-10)8-14(2,3)18-12/h5-7,9,13H,8,15H2,1-4H3. The maximum absolute atomic E-state index is 11.6. The predicted molar refractivity (Wildman–Crippen MR) is 76.1 cm³/mol. The molecule has 2 rings (SSSR count). The molecule has 1 heterocycles. The van der Waals surface area contributed by atoms with Gasteiger partial charge in [-0.3, -0.25) is 0 Å². The number of hydrogen-bond donors (Lipinski definition) is 1. The van der Waals surface area contributed by atoms with Gasteiger partial charge in [-0.15, -0.1) is 0 Å². The van der Waals surface area contributed by atoms with Crippen LogP contribution < -0.4 is 10.5 Å². The Kier molecular flexibility index (Phi) is 3.39. The van der Waals surface area contributed by atoms with Crippen molar-refractivity contribution in [1.82, 2.24) is 0 Å². The molecule has 1 aliphatic heterocycles. The van der Waals surface area contributed by atoms with Crippen molar-refractivity contribution in [2.24, 2.45) is 5.73 Å². The van der Waals surface area contributed by atoms with Gasteiger partial charge in [0.15, 0.2) is 9.84 Å². The van der Waals surface area contributed by atoms with Crippen LogP contribution in [0.1, 0.15) is 37.9 Å². The molecule has 0 amide bonds. The van der Waals surface area contributed by atoms with Gasteiger partial charge in [0.1, 0.15) is 11.4 Å². The second kappa shape index (κ2) is 4.49. The van der Waals surface area contributed by atoms with Gasteiger partial charge in [-0.05, 0) is 38.0 Å². The fourth-order valence-corrected chi connectivity index (χ4v) is 3.06. The molecule has 1 aromatic rings. The smallest absolute Gasteiger partial charge is 0.151 e. The van der Waals surface area contributed by atoms with E-state index in [1.165, 1.54) is 6.26 Å². The molecular formula is C14H21NO3S. The van der Waals surface area contributed by atoms with Gasteiger partial charge in [0.2, 0.25) is 0 Å². The molecule has 0 aliphatic carbocycles. The summed E-state index contributed by atoms with van der Waals surface area (Å²) in [6, 6.07) is 5.20. The minimum Gasteiger partial charge on any atom is -0.487 e. The zero-order valence-corrected chi connectivity index (χ0v) is 12.6. The minimum atomic E-state index is -3.14. The highest BCUT2D eigenvalue weighted by atomic mass is 32.2. The van der Waals surface area contributed by atoms with Crippen LogP contribution in [-0.2, 0) is 16.3 Å². The van der Waals surface area contributed by atoms with Crippen LogP contribution in [0.25, 0.3) is 0 Å². The summed E-state index contributed by atoms with van der Waals surface area (Å²) >= 11 is 0. The summed E-state index contributed by atoms with van der Waals surface area (Å²) in [6.45, 7) is 5.71. The summed E-state index contributed by atoms with van der Waals surface area (Å²) in [7, 11) is -3.14. The molecule has 4 nitrogen and oxygen atoms in total. The molecule has 2 atom stereocenters. The first kappa shape index (κ1) is 14.3. The highest BCUT2D eigenvalue weighted by Gasteiger charge is 2.31. The Balaban J connectivity index is 2.30. The molecule has 0 radical (unpaired) electrons. The highest BCUT2D eigenvalue weighted by molar-refractivity contribution is 7.91. The molecule has 0 saturated carbocycles. The van der Waals surface area contributed by atoms with Crippen molar-refractivity contribution in [3.05, 3.63) is 29.3 Å². The molecule has 5 heteroatoms. The predicted octanol–water partition coefficient (Wildman–Crippen LogP) is 1.83. The fraction of sp³-hybridized carbons (Fsp3) is 0.571. The second-order valence-electron chi connectivity index (χ2n) is 5.97. The lowest BCUT2D eigenvalue weighted by molar-refractivity contribution is 0.138. The first-order chi connectivity index (χ1) is 8.60. The summed E-state index contributed by atoms with van der Waals surface area (Å²) in [4.78, 5) is 0. The SMILES string of the molecule is CC(C(N)c1ccc2c(c1)CC(C)(C)O2)S(C)(=O)=O. The molecule has 2 unspecified atom stereocenters. The molecule has 0 bridgehead atoms. The topological polar surface area (TPSA) is 69.4 Å². The van der Waals surface area contributed by atoms with Crippen LogP contribution in [0.5, 0.6) is 5.75 Å². The van der Waals surface area contributed by atoms with Crippen LogP contribution in [0.4, 0.5) is 0 Å². The number of hydrogen-bond acceptors (Lipinski definition) is 4. The van der Waals surface area contributed by atoms with Gasteiger partial charge >= 0.3 is 0 Å². The minimum absolute atomic E-state index is 0.201. The molecule has 2 N–H and O–H groups in total. The molecular weight excluding hydrogens is 262 g/mol. The van der Waals surface area contributed by atoms with Gasteiger partial charge in [0.25, 0.3) is 0 Å². The van der Waals surface area contributed by atoms with E-state index in [9.17, 15) is 8.42 Å². The zero-order chi connectivity index (χ0) is 14.4. The average Bonchev–Trinajstić information content (AvgIpc) is 2.58. The summed E-state index contributed by atoms with van der Waals surface area (Å²) in [5.41, 5.74) is 7.81. The van der Waals surface area contributed by atoms with Crippen LogP contribution in [0.2, 0.25) is 0 Å². The van der Waals surface area contributed by atoms with E-state index in [-0.39, 0.29) is 5.60 Å². The van der Waals surface area contributed by atoms with E-state index < -0.39 is 21.1 Å². The zero-order valence-electron chi connectivity index (χ0n) is 11.8. The largest absolute Gasteiger partial charge is 0.487 e. The number of rotatable bonds is 3. The molecule has 106 valence electrons. The molecule has 1 aliphatic rings. The van der Waals surface area contributed by atoms with Crippen LogP contribution in [-0.4, -0.2) is 25.5 Å².